The average Bonchev–Trinajstić information content (AvgIpc) is 3.02. The van der Waals surface area contributed by atoms with Gasteiger partial charge in [0.25, 0.3) is 0 Å². The second-order valence-corrected chi connectivity index (χ2v) is 12.0. The average molecular weight is 613 g/mol. The Balaban J connectivity index is 1.60. The number of hydrogen-bond donors (Lipinski definition) is 4. The first-order valence-corrected chi connectivity index (χ1v) is 15.1. The van der Waals surface area contributed by atoms with Crippen LogP contribution in [0.5, 0.6) is 0 Å². The van der Waals surface area contributed by atoms with Crippen molar-refractivity contribution in [3.8, 4) is 0 Å². The smallest absolute Gasteiger partial charge is 0.342 e. The number of anilines is 4. The highest BCUT2D eigenvalue weighted by atomic mass is 16.7. The molecule has 0 amide bonds. The van der Waals surface area contributed by atoms with Crippen LogP contribution in [0.1, 0.15) is 66.5 Å². The van der Waals surface area contributed by atoms with Gasteiger partial charge in [0.1, 0.15) is 18.3 Å². The molecular formula is C36H40N2O7. The van der Waals surface area contributed by atoms with E-state index in [4.69, 9.17) is 9.47 Å². The van der Waals surface area contributed by atoms with Gasteiger partial charge in [-0.25, -0.2) is 4.79 Å². The Labute approximate surface area is 263 Å². The van der Waals surface area contributed by atoms with E-state index < -0.39 is 36.7 Å². The molecule has 9 heteroatoms. The Hall–Kier alpha value is -4.28. The molecule has 0 aliphatic carbocycles. The molecule has 0 aromatic heterocycles. The molecule has 0 saturated carbocycles. The molecule has 45 heavy (non-hydrogen) atoms. The third kappa shape index (κ3) is 6.72. The fourth-order valence-electron chi connectivity index (χ4n) is 5.48. The number of nitrogens with one attached hydrogen (secondary N) is 1. The van der Waals surface area contributed by atoms with Crippen LogP contribution in [-0.4, -0.2) is 64.3 Å². The van der Waals surface area contributed by atoms with Gasteiger partial charge in [-0.15, -0.1) is 0 Å². The Morgan fingerprint density at radius 3 is 2.24 bits per heavy atom. The monoisotopic (exact) mass is 612 g/mol. The van der Waals surface area contributed by atoms with E-state index in [1.54, 1.807) is 24.3 Å². The van der Waals surface area contributed by atoms with E-state index in [0.29, 0.717) is 35.5 Å². The maximum atomic E-state index is 13.7. The van der Waals surface area contributed by atoms with Gasteiger partial charge in [-0.05, 0) is 70.9 Å². The van der Waals surface area contributed by atoms with Crippen LogP contribution in [0.15, 0.2) is 84.0 Å². The summed E-state index contributed by atoms with van der Waals surface area (Å²) in [4.78, 5) is 29.4. The van der Waals surface area contributed by atoms with Crippen molar-refractivity contribution in [2.24, 2.45) is 0 Å². The molecular weight excluding hydrogens is 572 g/mol. The quantitative estimate of drug-likeness (QED) is 0.147. The van der Waals surface area contributed by atoms with Gasteiger partial charge in [-0.1, -0.05) is 59.7 Å². The van der Waals surface area contributed by atoms with Crippen LogP contribution in [0, 0.1) is 0 Å². The number of nitrogens with zero attached hydrogens (tertiary/aromatic N) is 1. The Kier molecular flexibility index (Phi) is 9.55. The van der Waals surface area contributed by atoms with Gasteiger partial charge in [0.15, 0.2) is 5.78 Å². The Morgan fingerprint density at radius 2 is 1.56 bits per heavy atom. The molecule has 1 fully saturated rings. The molecule has 5 rings (SSSR count). The summed E-state index contributed by atoms with van der Waals surface area (Å²) in [6, 6.07) is 18.2. The topological polar surface area (TPSA) is 129 Å². The van der Waals surface area contributed by atoms with Gasteiger partial charge < -0.3 is 35.0 Å². The molecule has 3 aromatic carbocycles. The number of benzene rings is 3. The molecule has 9 nitrogen and oxygen atoms in total. The van der Waals surface area contributed by atoms with Gasteiger partial charge in [-0.2, -0.15) is 0 Å². The largest absolute Gasteiger partial charge is 0.429 e. The number of fused-ring (bicyclic) bond motifs is 2. The van der Waals surface area contributed by atoms with Crippen molar-refractivity contribution in [1.29, 1.82) is 0 Å². The Morgan fingerprint density at radius 1 is 0.844 bits per heavy atom. The molecule has 1 saturated heterocycles. The lowest BCUT2D eigenvalue weighted by atomic mass is 9.94. The van der Waals surface area contributed by atoms with Crippen molar-refractivity contribution < 1.29 is 34.4 Å². The highest BCUT2D eigenvalue weighted by molar-refractivity contribution is 6.11. The number of esters is 1. The number of para-hydroxylation sites is 1. The molecule has 2 aliphatic heterocycles. The second-order valence-electron chi connectivity index (χ2n) is 12.0. The summed E-state index contributed by atoms with van der Waals surface area (Å²) in [5.41, 5.74) is 7.19. The molecule has 0 radical (unpaired) electrons. The van der Waals surface area contributed by atoms with Crippen LogP contribution in [0.25, 0.3) is 0 Å². The number of hydrogen-bond acceptors (Lipinski definition) is 9. The minimum Gasteiger partial charge on any atom is -0.429 e. The maximum absolute atomic E-state index is 13.7. The molecule has 236 valence electrons. The summed E-state index contributed by atoms with van der Waals surface area (Å²) < 4.78 is 11.1. The third-order valence-corrected chi connectivity index (χ3v) is 8.04. The van der Waals surface area contributed by atoms with Gasteiger partial charge in [0.2, 0.25) is 6.29 Å². The minimum atomic E-state index is -1.63. The van der Waals surface area contributed by atoms with E-state index in [1.807, 2.05) is 64.1 Å². The lowest BCUT2D eigenvalue weighted by Crippen LogP contribution is -2.57. The van der Waals surface area contributed by atoms with Crippen LogP contribution >= 0.6 is 0 Å². The number of allylic oxidation sites excluding steroid dienone is 3. The zero-order chi connectivity index (χ0) is 32.4. The number of carbonyl (C=O) groups is 2. The van der Waals surface area contributed by atoms with E-state index in [-0.39, 0.29) is 11.3 Å². The van der Waals surface area contributed by atoms with Crippen molar-refractivity contribution >= 4 is 34.5 Å². The van der Waals surface area contributed by atoms with Crippen LogP contribution in [0.4, 0.5) is 22.7 Å². The number of rotatable bonds is 8. The fourth-order valence-corrected chi connectivity index (χ4v) is 5.48. The first-order valence-electron chi connectivity index (χ1n) is 15.1. The minimum absolute atomic E-state index is 0.0882. The summed E-state index contributed by atoms with van der Waals surface area (Å²) in [5.74, 6) is -0.860. The first-order chi connectivity index (χ1) is 21.5. The first kappa shape index (κ1) is 32.1. The lowest BCUT2D eigenvalue weighted by molar-refractivity contribution is -0.276. The van der Waals surface area contributed by atoms with Crippen molar-refractivity contribution in [3.05, 3.63) is 106 Å². The molecule has 2 heterocycles. The number of aliphatic hydroxyl groups excluding tert-OH is 3. The zero-order valence-corrected chi connectivity index (χ0v) is 26.2. The van der Waals surface area contributed by atoms with Crippen molar-refractivity contribution in [2.45, 2.75) is 71.7 Å². The van der Waals surface area contributed by atoms with E-state index in [0.717, 1.165) is 28.1 Å². The van der Waals surface area contributed by atoms with Gasteiger partial charge in [0.05, 0.1) is 34.4 Å². The summed E-state index contributed by atoms with van der Waals surface area (Å²) >= 11 is 0. The van der Waals surface area contributed by atoms with Crippen LogP contribution < -0.4 is 10.2 Å². The van der Waals surface area contributed by atoms with Gasteiger partial charge in [-0.3, -0.25) is 4.79 Å². The summed E-state index contributed by atoms with van der Waals surface area (Å²) in [6.07, 6.45) is -2.10. The second kappa shape index (κ2) is 13.4. The molecule has 0 bridgehead atoms. The lowest BCUT2D eigenvalue weighted by Gasteiger charge is -2.39. The summed E-state index contributed by atoms with van der Waals surface area (Å²) in [6.45, 7) is 10.0. The predicted molar refractivity (Wildman–Crippen MR) is 173 cm³/mol. The van der Waals surface area contributed by atoms with Crippen molar-refractivity contribution in [2.75, 3.05) is 16.8 Å². The number of ketones is 1. The van der Waals surface area contributed by atoms with E-state index in [1.165, 1.54) is 6.92 Å². The van der Waals surface area contributed by atoms with Crippen LogP contribution in [0.3, 0.4) is 0 Å². The highest BCUT2D eigenvalue weighted by Gasteiger charge is 2.44. The molecule has 0 spiro atoms. The summed E-state index contributed by atoms with van der Waals surface area (Å²) in [5, 5.41) is 34.3. The third-order valence-electron chi connectivity index (χ3n) is 8.04. The zero-order valence-electron chi connectivity index (χ0n) is 26.2. The molecule has 3 aromatic rings. The Bertz CT molecular complexity index is 1640. The standard InChI is InChI=1S/C36H40N2O7/c1-20(2)14-15-24-18-25(32(40)23-10-7-6-8-11-23)19-28-29(24)37-30-26(12-9-13-27(30)38(28)17-16-21(3)4)35(43)45-36-34(42)33(41)31(39)22(5)44-36/h6-14,16,18-19,22,31,33-34,36-37,39,41-42H,15,17H2,1-5H3/t22-,31-,33+,34+,36-/m0/s1. The SMILES string of the molecule is CC(C)=CCc1cc(C(=O)c2ccccc2)cc2c1Nc1c(C(=O)O[C@@H]3O[C@@H](C)[C@H](O)[C@@H](O)[C@H]3O)cccc1N2CC=C(C)C. The fraction of sp³-hybridized carbons (Fsp3) is 0.333. The maximum Gasteiger partial charge on any atom is 0.342 e. The predicted octanol–water partition coefficient (Wildman–Crippen LogP) is 5.57. The highest BCUT2D eigenvalue weighted by Crippen LogP contribution is 2.48. The van der Waals surface area contributed by atoms with Crippen molar-refractivity contribution in [1.82, 2.24) is 0 Å². The molecule has 0 unspecified atom stereocenters. The molecule has 2 aliphatic rings. The van der Waals surface area contributed by atoms with E-state index >= 15 is 0 Å². The number of aliphatic hydroxyl groups is 3. The van der Waals surface area contributed by atoms with E-state index in [2.05, 4.69) is 22.4 Å². The van der Waals surface area contributed by atoms with Crippen LogP contribution in [-0.2, 0) is 15.9 Å². The van der Waals surface area contributed by atoms with Crippen molar-refractivity contribution in [3.63, 3.8) is 0 Å². The van der Waals surface area contributed by atoms with Gasteiger partial charge >= 0.3 is 5.97 Å². The summed E-state index contributed by atoms with van der Waals surface area (Å²) in [7, 11) is 0. The number of carbonyl (C=O) groups excluding carboxylic acids is 2. The molecule has 5 atom stereocenters. The van der Waals surface area contributed by atoms with Crippen LogP contribution in [0.2, 0.25) is 0 Å². The number of ether oxygens (including phenoxy) is 2. The van der Waals surface area contributed by atoms with E-state index in [9.17, 15) is 24.9 Å². The molecule has 4 N–H and O–H groups in total. The van der Waals surface area contributed by atoms with Gasteiger partial charge in [0, 0.05) is 17.7 Å². The normalized spacial score (nSPS) is 22.0.